The van der Waals surface area contributed by atoms with Crippen molar-refractivity contribution in [2.75, 3.05) is 0 Å². The largest absolute Gasteiger partial charge is 0.478 e. The highest BCUT2D eigenvalue weighted by Crippen LogP contribution is 2.29. The van der Waals surface area contributed by atoms with E-state index in [4.69, 9.17) is 10.2 Å². The van der Waals surface area contributed by atoms with Crippen LogP contribution in [-0.4, -0.2) is 19.5 Å². The van der Waals surface area contributed by atoms with Gasteiger partial charge in [-0.2, -0.15) is 0 Å². The van der Waals surface area contributed by atoms with E-state index in [0.717, 1.165) is 11.1 Å². The van der Waals surface area contributed by atoms with Crippen molar-refractivity contribution in [3.8, 4) is 11.1 Å². The number of hydrogen-bond donors (Lipinski definition) is 2. The molecule has 2 aromatic rings. The van der Waals surface area contributed by atoms with E-state index in [2.05, 4.69) is 0 Å². The van der Waals surface area contributed by atoms with Crippen LogP contribution in [0.2, 0.25) is 0 Å². The molecule has 0 aliphatic carbocycles. The van der Waals surface area contributed by atoms with Crippen molar-refractivity contribution in [2.45, 2.75) is 18.7 Å². The summed E-state index contributed by atoms with van der Waals surface area (Å²) in [7, 11) is -3.77. The first-order valence-electron chi connectivity index (χ1n) is 6.18. The lowest BCUT2D eigenvalue weighted by molar-refractivity contribution is 0.0696. The lowest BCUT2D eigenvalue weighted by Crippen LogP contribution is -2.12. The molecule has 2 rings (SSSR count). The second kappa shape index (κ2) is 5.31. The van der Waals surface area contributed by atoms with Gasteiger partial charge in [0.25, 0.3) is 0 Å². The lowest BCUT2D eigenvalue weighted by Gasteiger charge is -2.12. The highest BCUT2D eigenvalue weighted by Gasteiger charge is 2.14. The van der Waals surface area contributed by atoms with Gasteiger partial charge in [-0.1, -0.05) is 18.2 Å². The molecule has 0 spiro atoms. The van der Waals surface area contributed by atoms with E-state index in [1.807, 2.05) is 0 Å². The van der Waals surface area contributed by atoms with Crippen molar-refractivity contribution >= 4 is 16.0 Å². The van der Waals surface area contributed by atoms with Crippen LogP contribution < -0.4 is 5.14 Å². The van der Waals surface area contributed by atoms with E-state index >= 15 is 0 Å². The molecule has 0 unspecified atom stereocenters. The molecule has 0 aliphatic heterocycles. The zero-order chi connectivity index (χ0) is 15.8. The average molecular weight is 305 g/mol. The van der Waals surface area contributed by atoms with Gasteiger partial charge in [-0.25, -0.2) is 18.4 Å². The van der Waals surface area contributed by atoms with Crippen LogP contribution in [0.5, 0.6) is 0 Å². The van der Waals surface area contributed by atoms with Crippen LogP contribution in [-0.2, 0) is 10.0 Å². The van der Waals surface area contributed by atoms with Crippen LogP contribution in [0.1, 0.15) is 21.5 Å². The number of primary sulfonamides is 1. The van der Waals surface area contributed by atoms with Gasteiger partial charge in [0.2, 0.25) is 10.0 Å². The van der Waals surface area contributed by atoms with Crippen LogP contribution in [0.15, 0.2) is 41.3 Å². The fraction of sp³-hybridized carbons (Fsp3) is 0.133. The van der Waals surface area contributed by atoms with Crippen LogP contribution in [0.3, 0.4) is 0 Å². The van der Waals surface area contributed by atoms with Crippen molar-refractivity contribution in [1.82, 2.24) is 0 Å². The summed E-state index contributed by atoms with van der Waals surface area (Å²) in [4.78, 5) is 11.1. The van der Waals surface area contributed by atoms with Crippen molar-refractivity contribution in [1.29, 1.82) is 0 Å². The molecule has 0 heterocycles. The Morgan fingerprint density at radius 3 is 2.33 bits per heavy atom. The summed E-state index contributed by atoms with van der Waals surface area (Å²) < 4.78 is 22.8. The van der Waals surface area contributed by atoms with E-state index in [9.17, 15) is 13.2 Å². The second-order valence-corrected chi connectivity index (χ2v) is 6.35. The minimum atomic E-state index is -3.77. The third-order valence-electron chi connectivity index (χ3n) is 3.49. The SMILES string of the molecule is Cc1c(C(=O)O)ccc(-c2cccc(S(N)(=O)=O)c2)c1C. The summed E-state index contributed by atoms with van der Waals surface area (Å²) in [6, 6.07) is 9.47. The average Bonchev–Trinajstić information content (AvgIpc) is 2.40. The highest BCUT2D eigenvalue weighted by atomic mass is 32.2. The Labute approximate surface area is 123 Å². The highest BCUT2D eigenvalue weighted by molar-refractivity contribution is 7.89. The molecule has 5 nitrogen and oxygen atoms in total. The Kier molecular flexibility index (Phi) is 3.85. The van der Waals surface area contributed by atoms with Gasteiger partial charge in [0.15, 0.2) is 0 Å². The first-order valence-corrected chi connectivity index (χ1v) is 7.73. The second-order valence-electron chi connectivity index (χ2n) is 4.79. The molecule has 2 aromatic carbocycles. The summed E-state index contributed by atoms with van der Waals surface area (Å²) in [6.07, 6.45) is 0. The maximum absolute atomic E-state index is 11.4. The number of carboxylic acids is 1. The Morgan fingerprint density at radius 1 is 1.10 bits per heavy atom. The normalized spacial score (nSPS) is 11.4. The topological polar surface area (TPSA) is 97.5 Å². The molecule has 0 bridgehead atoms. The zero-order valence-electron chi connectivity index (χ0n) is 11.6. The number of nitrogens with two attached hydrogens (primary N) is 1. The third-order valence-corrected chi connectivity index (χ3v) is 4.40. The number of benzene rings is 2. The molecule has 21 heavy (non-hydrogen) atoms. The number of aromatic carboxylic acids is 1. The quantitative estimate of drug-likeness (QED) is 0.909. The van der Waals surface area contributed by atoms with Gasteiger partial charge in [0.05, 0.1) is 10.5 Å². The minimum Gasteiger partial charge on any atom is -0.478 e. The zero-order valence-corrected chi connectivity index (χ0v) is 12.4. The van der Waals surface area contributed by atoms with E-state index < -0.39 is 16.0 Å². The summed E-state index contributed by atoms with van der Waals surface area (Å²) >= 11 is 0. The number of carboxylic acid groups (broad SMARTS) is 1. The molecule has 0 saturated heterocycles. The maximum Gasteiger partial charge on any atom is 0.335 e. The number of hydrogen-bond acceptors (Lipinski definition) is 3. The molecule has 0 aromatic heterocycles. The molecule has 0 fully saturated rings. The Bertz CT molecular complexity index is 826. The summed E-state index contributed by atoms with van der Waals surface area (Å²) in [5, 5.41) is 14.2. The van der Waals surface area contributed by atoms with Gasteiger partial charge in [-0.3, -0.25) is 0 Å². The maximum atomic E-state index is 11.4. The number of sulfonamides is 1. The van der Waals surface area contributed by atoms with Crippen molar-refractivity contribution in [3.63, 3.8) is 0 Å². The number of carbonyl (C=O) groups is 1. The monoisotopic (exact) mass is 305 g/mol. The fourth-order valence-corrected chi connectivity index (χ4v) is 2.77. The minimum absolute atomic E-state index is 0.0272. The van der Waals surface area contributed by atoms with Gasteiger partial charge < -0.3 is 5.11 Å². The standard InChI is InChI=1S/C15H15NO4S/c1-9-10(2)14(15(17)18)7-6-13(9)11-4-3-5-12(8-11)21(16,19)20/h3-8H,1-2H3,(H,17,18)(H2,16,19,20). The first-order chi connectivity index (χ1) is 9.71. The summed E-state index contributed by atoms with van der Waals surface area (Å²) in [5.74, 6) is -0.986. The van der Waals surface area contributed by atoms with Crippen LogP contribution >= 0.6 is 0 Å². The van der Waals surface area contributed by atoms with Crippen molar-refractivity contribution in [3.05, 3.63) is 53.1 Å². The molecular weight excluding hydrogens is 290 g/mol. The molecule has 0 aliphatic rings. The predicted octanol–water partition coefficient (Wildman–Crippen LogP) is 2.32. The van der Waals surface area contributed by atoms with Gasteiger partial charge in [-0.15, -0.1) is 0 Å². The molecule has 110 valence electrons. The van der Waals surface area contributed by atoms with Crippen LogP contribution in [0, 0.1) is 13.8 Å². The third kappa shape index (κ3) is 2.96. The summed E-state index contributed by atoms with van der Waals surface area (Å²) in [6.45, 7) is 3.53. The molecule has 3 N–H and O–H groups in total. The van der Waals surface area contributed by atoms with Crippen LogP contribution in [0.4, 0.5) is 0 Å². The first kappa shape index (κ1) is 15.2. The van der Waals surface area contributed by atoms with Crippen molar-refractivity contribution in [2.24, 2.45) is 5.14 Å². The Morgan fingerprint density at radius 2 is 1.76 bits per heavy atom. The lowest BCUT2D eigenvalue weighted by atomic mass is 9.94. The van der Waals surface area contributed by atoms with Crippen LogP contribution in [0.25, 0.3) is 11.1 Å². The van der Waals surface area contributed by atoms with E-state index in [-0.39, 0.29) is 10.5 Å². The predicted molar refractivity (Wildman–Crippen MR) is 79.7 cm³/mol. The molecular formula is C15H15NO4S. The smallest absolute Gasteiger partial charge is 0.335 e. The fourth-order valence-electron chi connectivity index (χ4n) is 2.21. The van der Waals surface area contributed by atoms with E-state index in [0.29, 0.717) is 11.1 Å². The van der Waals surface area contributed by atoms with Gasteiger partial charge in [0.1, 0.15) is 0 Å². The Hall–Kier alpha value is -2.18. The van der Waals surface area contributed by atoms with Gasteiger partial charge in [-0.05, 0) is 54.3 Å². The molecule has 6 heteroatoms. The van der Waals surface area contributed by atoms with Gasteiger partial charge in [0, 0.05) is 0 Å². The molecule has 0 atom stereocenters. The Balaban J connectivity index is 2.64. The van der Waals surface area contributed by atoms with E-state index in [1.54, 1.807) is 32.0 Å². The number of rotatable bonds is 3. The molecule has 0 amide bonds. The van der Waals surface area contributed by atoms with Gasteiger partial charge >= 0.3 is 5.97 Å². The molecule has 0 radical (unpaired) electrons. The van der Waals surface area contributed by atoms with E-state index in [1.165, 1.54) is 18.2 Å². The van der Waals surface area contributed by atoms with Crippen molar-refractivity contribution < 1.29 is 18.3 Å². The molecule has 0 saturated carbocycles. The summed E-state index contributed by atoms with van der Waals surface area (Å²) in [5.41, 5.74) is 3.14.